The minimum Gasteiger partial charge on any atom is -0.355 e. The standard InChI is InChI=1S/C18H22N4OS/c1-21-12-14(11-19-21)13-22-8-4-2-3-6-16(22)15-10-17(23-20-15)18-7-5-9-24-18/h5,7,9-12,16H,2-4,6,8,13H2,1H3/t16-/m0/s1. The van der Waals surface area contributed by atoms with Crippen LogP contribution < -0.4 is 0 Å². The third-order valence-corrected chi connectivity index (χ3v) is 5.53. The summed E-state index contributed by atoms with van der Waals surface area (Å²) >= 11 is 1.69. The van der Waals surface area contributed by atoms with Gasteiger partial charge in [-0.1, -0.05) is 24.1 Å². The molecule has 3 aromatic rings. The highest BCUT2D eigenvalue weighted by Crippen LogP contribution is 2.34. The van der Waals surface area contributed by atoms with Gasteiger partial charge in [-0.2, -0.15) is 5.10 Å². The molecule has 4 rings (SSSR count). The Bertz CT molecular complexity index is 777. The Labute approximate surface area is 145 Å². The molecule has 6 heteroatoms. The SMILES string of the molecule is Cn1cc(CN2CCCCC[C@H]2c2cc(-c3cccs3)on2)cn1. The van der Waals surface area contributed by atoms with Gasteiger partial charge in [0.05, 0.1) is 17.1 Å². The van der Waals surface area contributed by atoms with E-state index in [4.69, 9.17) is 4.52 Å². The van der Waals surface area contributed by atoms with E-state index in [1.165, 1.54) is 24.8 Å². The number of aryl methyl sites for hydroxylation is 1. The zero-order valence-electron chi connectivity index (χ0n) is 13.9. The molecule has 0 bridgehead atoms. The summed E-state index contributed by atoms with van der Waals surface area (Å²) in [6, 6.07) is 6.57. The van der Waals surface area contributed by atoms with E-state index in [0.717, 1.165) is 35.8 Å². The van der Waals surface area contributed by atoms with Gasteiger partial charge in [-0.05, 0) is 30.8 Å². The topological polar surface area (TPSA) is 47.1 Å². The molecule has 4 heterocycles. The molecule has 0 aromatic carbocycles. The molecule has 0 saturated carbocycles. The van der Waals surface area contributed by atoms with Crippen LogP contribution in [0, 0.1) is 0 Å². The van der Waals surface area contributed by atoms with Gasteiger partial charge in [-0.3, -0.25) is 9.58 Å². The zero-order chi connectivity index (χ0) is 16.4. The van der Waals surface area contributed by atoms with Crippen LogP contribution in [-0.2, 0) is 13.6 Å². The van der Waals surface area contributed by atoms with E-state index in [1.807, 2.05) is 24.0 Å². The van der Waals surface area contributed by atoms with Gasteiger partial charge in [-0.25, -0.2) is 0 Å². The smallest absolute Gasteiger partial charge is 0.177 e. The van der Waals surface area contributed by atoms with Crippen LogP contribution in [0.5, 0.6) is 0 Å². The normalized spacial score (nSPS) is 19.5. The molecule has 0 spiro atoms. The van der Waals surface area contributed by atoms with Crippen LogP contribution >= 0.6 is 11.3 Å². The van der Waals surface area contributed by atoms with Crippen LogP contribution in [-0.4, -0.2) is 26.4 Å². The van der Waals surface area contributed by atoms with E-state index in [-0.39, 0.29) is 0 Å². The fourth-order valence-corrected chi connectivity index (χ4v) is 4.13. The maximum Gasteiger partial charge on any atom is 0.177 e. The van der Waals surface area contributed by atoms with E-state index in [9.17, 15) is 0 Å². The van der Waals surface area contributed by atoms with Gasteiger partial charge < -0.3 is 4.52 Å². The van der Waals surface area contributed by atoms with Gasteiger partial charge in [0.2, 0.25) is 0 Å². The highest BCUT2D eigenvalue weighted by atomic mass is 32.1. The highest BCUT2D eigenvalue weighted by Gasteiger charge is 2.26. The lowest BCUT2D eigenvalue weighted by molar-refractivity contribution is 0.184. The first-order valence-corrected chi connectivity index (χ1v) is 9.39. The third-order valence-electron chi connectivity index (χ3n) is 4.64. The van der Waals surface area contributed by atoms with Crippen LogP contribution in [0.25, 0.3) is 10.6 Å². The van der Waals surface area contributed by atoms with Gasteiger partial charge >= 0.3 is 0 Å². The maximum absolute atomic E-state index is 5.62. The van der Waals surface area contributed by atoms with Crippen LogP contribution in [0.15, 0.2) is 40.5 Å². The number of thiophene rings is 1. The number of aromatic nitrogens is 3. The molecule has 1 aliphatic rings. The Morgan fingerprint density at radius 2 is 2.29 bits per heavy atom. The summed E-state index contributed by atoms with van der Waals surface area (Å²) in [6.07, 6.45) is 8.97. The molecule has 0 unspecified atom stereocenters. The molecule has 1 saturated heterocycles. The molecular formula is C18H22N4OS. The predicted octanol–water partition coefficient (Wildman–Crippen LogP) is 4.25. The average molecular weight is 342 g/mol. The number of hydrogen-bond acceptors (Lipinski definition) is 5. The second kappa shape index (κ2) is 6.91. The second-order valence-corrected chi connectivity index (χ2v) is 7.40. The Hall–Kier alpha value is -1.92. The number of likely N-dealkylation sites (tertiary alicyclic amines) is 1. The van der Waals surface area contributed by atoms with Gasteiger partial charge in [0.1, 0.15) is 5.69 Å². The quantitative estimate of drug-likeness (QED) is 0.711. The van der Waals surface area contributed by atoms with E-state index in [2.05, 4.69) is 38.9 Å². The zero-order valence-corrected chi connectivity index (χ0v) is 14.7. The molecule has 1 fully saturated rings. The van der Waals surface area contributed by atoms with Crippen molar-refractivity contribution in [2.75, 3.05) is 6.54 Å². The molecule has 24 heavy (non-hydrogen) atoms. The lowest BCUT2D eigenvalue weighted by atomic mass is 10.1. The molecule has 0 amide bonds. The van der Waals surface area contributed by atoms with Gasteiger partial charge in [0.15, 0.2) is 5.76 Å². The average Bonchev–Trinajstić information content (AvgIpc) is 3.29. The Morgan fingerprint density at radius 1 is 1.33 bits per heavy atom. The second-order valence-electron chi connectivity index (χ2n) is 6.45. The lowest BCUT2D eigenvalue weighted by Crippen LogP contribution is -2.28. The molecule has 1 aliphatic heterocycles. The Morgan fingerprint density at radius 3 is 3.08 bits per heavy atom. The van der Waals surface area contributed by atoms with Crippen molar-refractivity contribution in [2.24, 2.45) is 7.05 Å². The minimum atomic E-state index is 0.324. The Balaban J connectivity index is 1.57. The largest absolute Gasteiger partial charge is 0.355 e. The molecule has 5 nitrogen and oxygen atoms in total. The van der Waals surface area contributed by atoms with E-state index < -0.39 is 0 Å². The van der Waals surface area contributed by atoms with Gasteiger partial charge in [0, 0.05) is 31.4 Å². The predicted molar refractivity (Wildman–Crippen MR) is 94.6 cm³/mol. The maximum atomic E-state index is 5.62. The summed E-state index contributed by atoms with van der Waals surface area (Å²) in [7, 11) is 1.97. The summed E-state index contributed by atoms with van der Waals surface area (Å²) in [6.45, 7) is 2.01. The van der Waals surface area contributed by atoms with Crippen molar-refractivity contribution in [3.63, 3.8) is 0 Å². The number of rotatable bonds is 4. The molecule has 0 aliphatic carbocycles. The fourth-order valence-electron chi connectivity index (χ4n) is 3.46. The Kier molecular flexibility index (Phi) is 4.49. The summed E-state index contributed by atoms with van der Waals surface area (Å²) in [5.41, 5.74) is 2.32. The fraction of sp³-hybridized carbons (Fsp3) is 0.444. The van der Waals surface area contributed by atoms with Crippen molar-refractivity contribution in [2.45, 2.75) is 38.3 Å². The van der Waals surface area contributed by atoms with Crippen LogP contribution in [0.3, 0.4) is 0 Å². The summed E-state index contributed by atoms with van der Waals surface area (Å²) in [5.74, 6) is 0.880. The van der Waals surface area contributed by atoms with Crippen LogP contribution in [0.4, 0.5) is 0 Å². The molecule has 0 N–H and O–H groups in total. The first-order chi connectivity index (χ1) is 11.8. The lowest BCUT2D eigenvalue weighted by Gasteiger charge is -2.27. The van der Waals surface area contributed by atoms with Crippen molar-refractivity contribution in [1.29, 1.82) is 0 Å². The monoisotopic (exact) mass is 342 g/mol. The van der Waals surface area contributed by atoms with E-state index >= 15 is 0 Å². The summed E-state index contributed by atoms with van der Waals surface area (Å²) in [5, 5.41) is 10.8. The molecular weight excluding hydrogens is 320 g/mol. The molecule has 0 radical (unpaired) electrons. The number of nitrogens with zero attached hydrogens (tertiary/aromatic N) is 4. The molecule has 1 atom stereocenters. The van der Waals surface area contributed by atoms with Crippen molar-refractivity contribution in [1.82, 2.24) is 19.8 Å². The van der Waals surface area contributed by atoms with E-state index in [0.29, 0.717) is 6.04 Å². The number of hydrogen-bond donors (Lipinski definition) is 0. The third kappa shape index (κ3) is 3.30. The van der Waals surface area contributed by atoms with Gasteiger partial charge in [0.25, 0.3) is 0 Å². The molecule has 3 aromatic heterocycles. The molecule has 126 valence electrons. The van der Waals surface area contributed by atoms with Gasteiger partial charge in [-0.15, -0.1) is 11.3 Å². The first kappa shape index (κ1) is 15.6. The summed E-state index contributed by atoms with van der Waals surface area (Å²) in [4.78, 5) is 3.67. The van der Waals surface area contributed by atoms with Crippen molar-refractivity contribution in [3.05, 3.63) is 47.2 Å². The highest BCUT2D eigenvalue weighted by molar-refractivity contribution is 7.13. The van der Waals surface area contributed by atoms with Crippen LogP contribution in [0.2, 0.25) is 0 Å². The van der Waals surface area contributed by atoms with Crippen LogP contribution in [0.1, 0.15) is 43.0 Å². The summed E-state index contributed by atoms with van der Waals surface area (Å²) < 4.78 is 7.49. The van der Waals surface area contributed by atoms with E-state index in [1.54, 1.807) is 11.3 Å². The first-order valence-electron chi connectivity index (χ1n) is 8.51. The minimum absolute atomic E-state index is 0.324. The van der Waals surface area contributed by atoms with Crippen molar-refractivity contribution < 1.29 is 4.52 Å². The van der Waals surface area contributed by atoms with Crippen molar-refractivity contribution in [3.8, 4) is 10.6 Å². The van der Waals surface area contributed by atoms with Crippen molar-refractivity contribution >= 4 is 11.3 Å².